The summed E-state index contributed by atoms with van der Waals surface area (Å²) in [6.45, 7) is 9.94. The Morgan fingerprint density at radius 2 is 1.79 bits per heavy atom. The van der Waals surface area contributed by atoms with Crippen molar-refractivity contribution in [3.63, 3.8) is 0 Å². The quantitative estimate of drug-likeness (QED) is 0.265. The van der Waals surface area contributed by atoms with Crippen molar-refractivity contribution in [1.29, 1.82) is 0 Å². The number of nitrogens with zero attached hydrogens (tertiary/aromatic N) is 7. The van der Waals surface area contributed by atoms with Crippen molar-refractivity contribution >= 4 is 29.0 Å². The molecule has 0 spiro atoms. The summed E-state index contributed by atoms with van der Waals surface area (Å²) in [7, 11) is 1.66. The van der Waals surface area contributed by atoms with Crippen LogP contribution in [0.25, 0.3) is 22.5 Å². The standard InChI is InChI=1S/C36H38N8O4/c1-36(2)16-23-15-30-35(47)44(13-12-43(30)31(23)17-36)33-28(20-45)27(6-7-37-33)24-14-29(34(46)40(3)19-24)39-32-5-4-25(18-38-32)41-8-10-42(11-9-41)26-21-48-22-26/h4-7,12-15,18-20,26H,8-11,16-17,21-22H2,1-3H3,(H,38,39). The molecule has 0 saturated carbocycles. The first kappa shape index (κ1) is 30.3. The number of hydrogen-bond acceptors (Lipinski definition) is 9. The number of ether oxygens (including phenoxy) is 1. The summed E-state index contributed by atoms with van der Waals surface area (Å²) in [5.74, 6) is 0.769. The summed E-state index contributed by atoms with van der Waals surface area (Å²) in [5, 5.41) is 3.18. The van der Waals surface area contributed by atoms with E-state index in [0.29, 0.717) is 40.5 Å². The highest BCUT2D eigenvalue weighted by Gasteiger charge is 2.32. The van der Waals surface area contributed by atoms with Crippen LogP contribution in [0.4, 0.5) is 17.2 Å². The van der Waals surface area contributed by atoms with Crippen molar-refractivity contribution in [3.8, 4) is 16.9 Å². The van der Waals surface area contributed by atoms with E-state index in [-0.39, 0.29) is 27.9 Å². The van der Waals surface area contributed by atoms with Crippen molar-refractivity contribution in [2.24, 2.45) is 12.5 Å². The molecule has 0 radical (unpaired) electrons. The van der Waals surface area contributed by atoms with Gasteiger partial charge in [0.1, 0.15) is 17.0 Å². The highest BCUT2D eigenvalue weighted by Crippen LogP contribution is 2.37. The molecule has 12 heteroatoms. The number of aldehydes is 1. The zero-order chi connectivity index (χ0) is 33.2. The van der Waals surface area contributed by atoms with Crippen molar-refractivity contribution in [2.75, 3.05) is 49.6 Å². The monoisotopic (exact) mass is 646 g/mol. The molecule has 2 fully saturated rings. The molecule has 1 N–H and O–H groups in total. The van der Waals surface area contributed by atoms with Gasteiger partial charge in [-0.3, -0.25) is 23.9 Å². The number of aryl methyl sites for hydroxylation is 1. The third-order valence-electron chi connectivity index (χ3n) is 9.99. The van der Waals surface area contributed by atoms with Crippen LogP contribution in [0.3, 0.4) is 0 Å². The van der Waals surface area contributed by atoms with Crippen LogP contribution in [0.1, 0.15) is 35.5 Å². The number of aromatic nitrogens is 5. The topological polar surface area (TPSA) is 119 Å². The van der Waals surface area contributed by atoms with Gasteiger partial charge in [0.25, 0.3) is 11.1 Å². The van der Waals surface area contributed by atoms with Gasteiger partial charge in [0.2, 0.25) is 0 Å². The fraction of sp³-hybridized carbons (Fsp3) is 0.361. The number of hydrogen-bond donors (Lipinski definition) is 1. The molecule has 246 valence electrons. The normalized spacial score (nSPS) is 17.8. The van der Waals surface area contributed by atoms with E-state index in [0.717, 1.165) is 63.6 Å². The van der Waals surface area contributed by atoms with Gasteiger partial charge in [-0.2, -0.15) is 0 Å². The lowest BCUT2D eigenvalue weighted by Crippen LogP contribution is -2.56. The molecule has 2 saturated heterocycles. The molecule has 7 heterocycles. The molecule has 2 aliphatic heterocycles. The molecule has 0 atom stereocenters. The number of piperazine rings is 1. The lowest BCUT2D eigenvalue weighted by molar-refractivity contribution is -0.0660. The van der Waals surface area contributed by atoms with E-state index in [4.69, 9.17) is 4.74 Å². The second-order valence-corrected chi connectivity index (χ2v) is 13.9. The molecular weight excluding hydrogens is 608 g/mol. The van der Waals surface area contributed by atoms with Crippen LogP contribution < -0.4 is 21.3 Å². The maximum absolute atomic E-state index is 13.8. The van der Waals surface area contributed by atoms with Crippen LogP contribution in [-0.2, 0) is 24.6 Å². The molecule has 1 aliphatic carbocycles. The largest absolute Gasteiger partial charge is 0.378 e. The summed E-state index contributed by atoms with van der Waals surface area (Å²) in [5.41, 5.74) is 5.33. The minimum absolute atomic E-state index is 0.158. The van der Waals surface area contributed by atoms with Crippen molar-refractivity contribution in [3.05, 3.63) is 98.8 Å². The lowest BCUT2D eigenvalue weighted by Gasteiger charge is -2.43. The van der Waals surface area contributed by atoms with Gasteiger partial charge in [-0.15, -0.1) is 0 Å². The number of nitrogens with one attached hydrogen (secondary N) is 1. The van der Waals surface area contributed by atoms with Gasteiger partial charge in [-0.1, -0.05) is 13.8 Å². The molecule has 0 aromatic carbocycles. The Labute approximate surface area is 277 Å². The third-order valence-corrected chi connectivity index (χ3v) is 9.99. The van der Waals surface area contributed by atoms with E-state index in [2.05, 4.69) is 38.9 Å². The summed E-state index contributed by atoms with van der Waals surface area (Å²) in [4.78, 5) is 53.5. The molecule has 8 rings (SSSR count). The fourth-order valence-corrected chi connectivity index (χ4v) is 7.36. The van der Waals surface area contributed by atoms with Gasteiger partial charge in [0.05, 0.1) is 36.7 Å². The summed E-state index contributed by atoms with van der Waals surface area (Å²) in [6, 6.07) is 9.82. The predicted molar refractivity (Wildman–Crippen MR) is 184 cm³/mol. The molecule has 0 bridgehead atoms. The first-order chi connectivity index (χ1) is 23.2. The first-order valence-electron chi connectivity index (χ1n) is 16.4. The van der Waals surface area contributed by atoms with Crippen LogP contribution in [-0.4, -0.2) is 80.1 Å². The Bertz CT molecular complexity index is 2170. The maximum atomic E-state index is 13.8. The van der Waals surface area contributed by atoms with E-state index in [1.165, 1.54) is 14.7 Å². The van der Waals surface area contributed by atoms with Gasteiger partial charge < -0.3 is 23.9 Å². The van der Waals surface area contributed by atoms with E-state index >= 15 is 0 Å². The minimum atomic E-state index is -0.246. The Hall–Kier alpha value is -5.07. The van der Waals surface area contributed by atoms with Gasteiger partial charge in [0, 0.05) is 69.3 Å². The van der Waals surface area contributed by atoms with Crippen molar-refractivity contribution in [2.45, 2.75) is 32.7 Å². The number of anilines is 3. The Morgan fingerprint density at radius 1 is 0.979 bits per heavy atom. The average Bonchev–Trinajstić information content (AvgIpc) is 3.55. The number of pyridine rings is 3. The van der Waals surface area contributed by atoms with Crippen LogP contribution in [0.15, 0.2) is 70.9 Å². The third kappa shape index (κ3) is 5.21. The van der Waals surface area contributed by atoms with Crippen LogP contribution in [0.2, 0.25) is 0 Å². The molecule has 5 aromatic heterocycles. The number of fused-ring (bicyclic) bond motifs is 3. The zero-order valence-electron chi connectivity index (χ0n) is 27.3. The minimum Gasteiger partial charge on any atom is -0.378 e. The van der Waals surface area contributed by atoms with Crippen molar-refractivity contribution in [1.82, 2.24) is 28.4 Å². The van der Waals surface area contributed by atoms with Crippen LogP contribution >= 0.6 is 0 Å². The molecule has 0 unspecified atom stereocenters. The highest BCUT2D eigenvalue weighted by atomic mass is 16.5. The van der Waals surface area contributed by atoms with Crippen LogP contribution in [0.5, 0.6) is 0 Å². The highest BCUT2D eigenvalue weighted by molar-refractivity contribution is 5.91. The van der Waals surface area contributed by atoms with E-state index in [9.17, 15) is 14.4 Å². The van der Waals surface area contributed by atoms with E-state index in [1.807, 2.05) is 35.0 Å². The Morgan fingerprint density at radius 3 is 2.50 bits per heavy atom. The van der Waals surface area contributed by atoms with Gasteiger partial charge in [-0.05, 0) is 59.7 Å². The van der Waals surface area contributed by atoms with E-state index < -0.39 is 0 Å². The van der Waals surface area contributed by atoms with Gasteiger partial charge in [-0.25, -0.2) is 9.97 Å². The molecule has 5 aromatic rings. The zero-order valence-corrected chi connectivity index (χ0v) is 27.3. The molecule has 0 amide bonds. The summed E-state index contributed by atoms with van der Waals surface area (Å²) >= 11 is 0. The number of rotatable bonds is 7. The number of carbonyl (C=O) groups is 1. The molecule has 48 heavy (non-hydrogen) atoms. The van der Waals surface area contributed by atoms with Crippen LogP contribution in [0, 0.1) is 5.41 Å². The number of carbonyl (C=O) groups excluding carboxylic acids is 1. The predicted octanol–water partition coefficient (Wildman–Crippen LogP) is 3.45. The average molecular weight is 647 g/mol. The smallest absolute Gasteiger partial charge is 0.280 e. The lowest BCUT2D eigenvalue weighted by atomic mass is 9.90. The first-order valence-corrected chi connectivity index (χ1v) is 16.4. The molecular formula is C36H38N8O4. The molecule has 3 aliphatic rings. The summed E-state index contributed by atoms with van der Waals surface area (Å²) < 4.78 is 10.2. The molecule has 12 nitrogen and oxygen atoms in total. The summed E-state index contributed by atoms with van der Waals surface area (Å²) in [6.07, 6.45) is 11.1. The Kier molecular flexibility index (Phi) is 7.30. The second-order valence-electron chi connectivity index (χ2n) is 13.9. The van der Waals surface area contributed by atoms with Gasteiger partial charge in [0.15, 0.2) is 12.1 Å². The Balaban J connectivity index is 1.07. The van der Waals surface area contributed by atoms with Crippen molar-refractivity contribution < 1.29 is 9.53 Å². The second kappa shape index (κ2) is 11.6. The maximum Gasteiger partial charge on any atom is 0.280 e. The SMILES string of the molecule is Cn1cc(-c2ccnc(-n3ccn4c5c(cc4c3=O)CC(C)(C)C5)c2C=O)cc(Nc2ccc(N3CCN(C4COC4)CC3)cn2)c1=O. The van der Waals surface area contributed by atoms with Gasteiger partial charge >= 0.3 is 0 Å². The fourth-order valence-electron chi connectivity index (χ4n) is 7.36. The van der Waals surface area contributed by atoms with E-state index in [1.54, 1.807) is 37.8 Å².